The van der Waals surface area contributed by atoms with Gasteiger partial charge in [0.15, 0.2) is 9.84 Å². The van der Waals surface area contributed by atoms with Crippen molar-refractivity contribution >= 4 is 27.3 Å². The number of hydrogen-bond acceptors (Lipinski definition) is 5. The summed E-state index contributed by atoms with van der Waals surface area (Å²) >= 11 is 5.73. The molecule has 20 heavy (non-hydrogen) atoms. The maximum atomic E-state index is 11.8. The number of halogens is 1. The largest absolute Gasteiger partial charge is 0.506 e. The van der Waals surface area contributed by atoms with E-state index in [0.717, 1.165) is 0 Å². The van der Waals surface area contributed by atoms with Crippen LogP contribution in [0, 0.1) is 0 Å². The molecule has 0 unspecified atom stereocenters. The van der Waals surface area contributed by atoms with Crippen LogP contribution >= 0.6 is 11.6 Å². The minimum atomic E-state index is -3.29. The third-order valence-corrected chi connectivity index (χ3v) is 5.06. The van der Waals surface area contributed by atoms with E-state index in [0.29, 0.717) is 5.56 Å². The van der Waals surface area contributed by atoms with Crippen LogP contribution < -0.4 is 5.32 Å². The van der Waals surface area contributed by atoms with Gasteiger partial charge in [0.2, 0.25) is 5.91 Å². The number of carbonyl (C=O) groups is 1. The number of aliphatic hydroxyl groups excluding tert-OH is 1. The van der Waals surface area contributed by atoms with Gasteiger partial charge in [0.1, 0.15) is 5.75 Å². The predicted octanol–water partition coefficient (Wildman–Crippen LogP) is -0.138. The van der Waals surface area contributed by atoms with Crippen LogP contribution in [0.4, 0.5) is 0 Å². The first-order valence-corrected chi connectivity index (χ1v) is 8.12. The molecule has 0 radical (unpaired) electrons. The normalized spacial score (nSPS) is 24.5. The van der Waals surface area contributed by atoms with E-state index in [1.807, 2.05) is 0 Å². The number of nitrogens with one attached hydrogen (secondary N) is 1. The van der Waals surface area contributed by atoms with Gasteiger partial charge in [-0.25, -0.2) is 8.42 Å². The third-order valence-electron chi connectivity index (χ3n) is 3.05. The van der Waals surface area contributed by atoms with E-state index in [9.17, 15) is 23.4 Å². The van der Waals surface area contributed by atoms with Gasteiger partial charge >= 0.3 is 0 Å². The maximum absolute atomic E-state index is 11.8. The van der Waals surface area contributed by atoms with Gasteiger partial charge in [-0.15, -0.1) is 0 Å². The fourth-order valence-electron chi connectivity index (χ4n) is 2.07. The topological polar surface area (TPSA) is 104 Å². The second-order valence-electron chi connectivity index (χ2n) is 4.78. The summed E-state index contributed by atoms with van der Waals surface area (Å²) in [7, 11) is -3.29. The number of phenolic OH excluding ortho intramolecular Hbond substituents is 1. The van der Waals surface area contributed by atoms with E-state index in [1.54, 1.807) is 6.07 Å². The molecule has 0 aliphatic carbocycles. The van der Waals surface area contributed by atoms with Gasteiger partial charge < -0.3 is 15.5 Å². The van der Waals surface area contributed by atoms with Crippen LogP contribution in [0.3, 0.4) is 0 Å². The van der Waals surface area contributed by atoms with E-state index in [-0.39, 0.29) is 28.7 Å². The zero-order valence-electron chi connectivity index (χ0n) is 10.4. The molecular weight excluding hydrogens is 306 g/mol. The molecular formula is C12H14ClNO5S. The van der Waals surface area contributed by atoms with E-state index >= 15 is 0 Å². The van der Waals surface area contributed by atoms with Crippen molar-refractivity contribution in [3.05, 3.63) is 28.8 Å². The summed E-state index contributed by atoms with van der Waals surface area (Å²) in [5.74, 6) is -1.07. The lowest BCUT2D eigenvalue weighted by Crippen LogP contribution is -2.43. The first kappa shape index (κ1) is 15.1. The van der Waals surface area contributed by atoms with E-state index in [1.165, 1.54) is 12.1 Å². The van der Waals surface area contributed by atoms with Gasteiger partial charge in [-0.05, 0) is 17.7 Å². The number of rotatable bonds is 3. The van der Waals surface area contributed by atoms with Crippen LogP contribution in [0.1, 0.15) is 5.56 Å². The molecule has 6 nitrogen and oxygen atoms in total. The number of benzene rings is 1. The Hall–Kier alpha value is -1.31. The molecule has 1 saturated heterocycles. The lowest BCUT2D eigenvalue weighted by atomic mass is 10.1. The van der Waals surface area contributed by atoms with Gasteiger partial charge in [-0.2, -0.15) is 0 Å². The molecule has 1 amide bonds. The average molecular weight is 320 g/mol. The molecule has 1 aliphatic heterocycles. The van der Waals surface area contributed by atoms with E-state index in [4.69, 9.17) is 11.6 Å². The molecule has 1 fully saturated rings. The second kappa shape index (κ2) is 5.59. The molecule has 110 valence electrons. The zero-order chi connectivity index (χ0) is 14.9. The summed E-state index contributed by atoms with van der Waals surface area (Å²) in [6.45, 7) is 0. The van der Waals surface area contributed by atoms with Crippen LogP contribution in [0.25, 0.3) is 0 Å². The summed E-state index contributed by atoms with van der Waals surface area (Å²) in [5.41, 5.74) is 0.584. The van der Waals surface area contributed by atoms with Gasteiger partial charge in [0, 0.05) is 0 Å². The molecule has 2 atom stereocenters. The Morgan fingerprint density at radius 1 is 1.40 bits per heavy atom. The van der Waals surface area contributed by atoms with Crippen molar-refractivity contribution in [2.24, 2.45) is 0 Å². The number of aliphatic hydroxyl groups is 1. The lowest BCUT2D eigenvalue weighted by molar-refractivity contribution is -0.121. The number of aromatic hydroxyl groups is 1. The molecule has 0 bridgehead atoms. The molecule has 0 aromatic heterocycles. The number of sulfone groups is 1. The van der Waals surface area contributed by atoms with Crippen molar-refractivity contribution < 1.29 is 23.4 Å². The fourth-order valence-corrected chi connectivity index (χ4v) is 4.01. The van der Waals surface area contributed by atoms with Crippen LogP contribution in [0.5, 0.6) is 5.75 Å². The number of hydrogen-bond donors (Lipinski definition) is 3. The highest BCUT2D eigenvalue weighted by atomic mass is 35.5. The summed E-state index contributed by atoms with van der Waals surface area (Å²) in [6, 6.07) is 3.60. The average Bonchev–Trinajstić information content (AvgIpc) is 2.57. The Morgan fingerprint density at radius 3 is 2.65 bits per heavy atom. The third kappa shape index (κ3) is 3.62. The van der Waals surface area contributed by atoms with Crippen LogP contribution in [-0.2, 0) is 21.1 Å². The summed E-state index contributed by atoms with van der Waals surface area (Å²) < 4.78 is 22.6. The van der Waals surface area contributed by atoms with Gasteiger partial charge in [-0.1, -0.05) is 17.7 Å². The molecule has 2 rings (SSSR count). The number of amides is 1. The Balaban J connectivity index is 1.97. The summed E-state index contributed by atoms with van der Waals surface area (Å²) in [4.78, 5) is 11.8. The maximum Gasteiger partial charge on any atom is 0.224 e. The molecule has 3 N–H and O–H groups in total. The second-order valence-corrected chi connectivity index (χ2v) is 7.34. The fraction of sp³-hybridized carbons (Fsp3) is 0.417. The lowest BCUT2D eigenvalue weighted by Gasteiger charge is -2.14. The predicted molar refractivity (Wildman–Crippen MR) is 73.4 cm³/mol. The van der Waals surface area contributed by atoms with Crippen molar-refractivity contribution in [3.8, 4) is 5.75 Å². The minimum absolute atomic E-state index is 0.0106. The van der Waals surface area contributed by atoms with Gasteiger partial charge in [0.05, 0.1) is 35.1 Å². The zero-order valence-corrected chi connectivity index (χ0v) is 12.0. The standard InChI is InChI=1S/C12H14ClNO5S/c13-8-3-7(1-2-10(8)15)4-12(17)14-9-5-20(18,19)6-11(9)16/h1-3,9,11,15-16H,4-6H2,(H,14,17)/t9-,11-/m1/s1. The molecule has 0 saturated carbocycles. The Kier molecular flexibility index (Phi) is 4.22. The number of phenols is 1. The van der Waals surface area contributed by atoms with E-state index in [2.05, 4.69) is 5.32 Å². The van der Waals surface area contributed by atoms with Crippen LogP contribution in [0.15, 0.2) is 18.2 Å². The summed E-state index contributed by atoms with van der Waals surface area (Å²) in [6.07, 6.45) is -1.09. The molecule has 1 heterocycles. The van der Waals surface area contributed by atoms with Crippen molar-refractivity contribution in [1.29, 1.82) is 0 Å². The first-order chi connectivity index (χ1) is 9.27. The molecule has 0 spiro atoms. The highest BCUT2D eigenvalue weighted by Gasteiger charge is 2.37. The summed E-state index contributed by atoms with van der Waals surface area (Å²) in [5, 5.41) is 21.5. The van der Waals surface area contributed by atoms with Crippen molar-refractivity contribution in [3.63, 3.8) is 0 Å². The first-order valence-electron chi connectivity index (χ1n) is 5.92. The quantitative estimate of drug-likeness (QED) is 0.719. The molecule has 1 aromatic carbocycles. The smallest absolute Gasteiger partial charge is 0.224 e. The monoisotopic (exact) mass is 319 g/mol. The van der Waals surface area contributed by atoms with E-state index < -0.39 is 27.9 Å². The molecule has 1 aliphatic rings. The Bertz CT molecular complexity index is 631. The highest BCUT2D eigenvalue weighted by molar-refractivity contribution is 7.91. The van der Waals surface area contributed by atoms with Crippen LogP contribution in [-0.4, -0.2) is 48.2 Å². The number of carbonyl (C=O) groups excluding carboxylic acids is 1. The molecule has 8 heteroatoms. The van der Waals surface area contributed by atoms with Gasteiger partial charge in [0.25, 0.3) is 0 Å². The minimum Gasteiger partial charge on any atom is -0.506 e. The van der Waals surface area contributed by atoms with Crippen molar-refractivity contribution in [2.45, 2.75) is 18.6 Å². The SMILES string of the molecule is O=C(Cc1ccc(O)c(Cl)c1)N[C@@H]1CS(=O)(=O)C[C@H]1O. The molecule has 1 aromatic rings. The van der Waals surface area contributed by atoms with Crippen LogP contribution in [0.2, 0.25) is 5.02 Å². The highest BCUT2D eigenvalue weighted by Crippen LogP contribution is 2.23. The Labute approximate surface area is 121 Å². The van der Waals surface area contributed by atoms with Gasteiger partial charge in [-0.3, -0.25) is 4.79 Å². The van der Waals surface area contributed by atoms with Crippen molar-refractivity contribution in [2.75, 3.05) is 11.5 Å². The van der Waals surface area contributed by atoms with Crippen molar-refractivity contribution in [1.82, 2.24) is 5.32 Å². The Morgan fingerprint density at radius 2 is 2.10 bits per heavy atom.